The average molecular weight is 221 g/mol. The fraction of sp³-hybridized carbons (Fsp3) is 0.538. The number of rotatable bonds is 3. The molecule has 1 aromatic carbocycles. The number of benzene rings is 1. The standard InChI is InChI=1S/C13H19NO2/c1-13(2)11(8-14-13)10-7-9(15-3)5-6-12(10)16-4/h5-7,11,14H,8H2,1-4H3. The van der Waals surface area contributed by atoms with Gasteiger partial charge in [0, 0.05) is 23.6 Å². The van der Waals surface area contributed by atoms with E-state index in [0.717, 1.165) is 18.0 Å². The van der Waals surface area contributed by atoms with Crippen LogP contribution in [0.3, 0.4) is 0 Å². The van der Waals surface area contributed by atoms with Crippen molar-refractivity contribution in [1.82, 2.24) is 5.32 Å². The van der Waals surface area contributed by atoms with Gasteiger partial charge in [-0.2, -0.15) is 0 Å². The molecule has 0 aromatic heterocycles. The molecule has 16 heavy (non-hydrogen) atoms. The molecule has 0 amide bonds. The van der Waals surface area contributed by atoms with E-state index < -0.39 is 0 Å². The zero-order chi connectivity index (χ0) is 11.8. The number of ether oxygens (including phenoxy) is 2. The first-order valence-corrected chi connectivity index (χ1v) is 5.55. The minimum Gasteiger partial charge on any atom is -0.497 e. The lowest BCUT2D eigenvalue weighted by molar-refractivity contribution is 0.203. The summed E-state index contributed by atoms with van der Waals surface area (Å²) >= 11 is 0. The molecule has 1 unspecified atom stereocenters. The zero-order valence-electron chi connectivity index (χ0n) is 10.3. The number of hydrogen-bond donors (Lipinski definition) is 1. The highest BCUT2D eigenvalue weighted by atomic mass is 16.5. The third kappa shape index (κ3) is 1.76. The van der Waals surface area contributed by atoms with Gasteiger partial charge in [-0.3, -0.25) is 0 Å². The predicted molar refractivity (Wildman–Crippen MR) is 64.4 cm³/mol. The van der Waals surface area contributed by atoms with Crippen LogP contribution in [0.25, 0.3) is 0 Å². The van der Waals surface area contributed by atoms with Crippen LogP contribution in [0.2, 0.25) is 0 Å². The molecular weight excluding hydrogens is 202 g/mol. The summed E-state index contributed by atoms with van der Waals surface area (Å²) < 4.78 is 10.7. The van der Waals surface area contributed by atoms with Crippen LogP contribution >= 0.6 is 0 Å². The zero-order valence-corrected chi connectivity index (χ0v) is 10.3. The molecule has 0 saturated carbocycles. The Bertz CT molecular complexity index is 388. The Kier molecular flexibility index (Phi) is 2.80. The molecule has 0 aliphatic carbocycles. The molecule has 1 saturated heterocycles. The molecule has 1 N–H and O–H groups in total. The van der Waals surface area contributed by atoms with E-state index in [-0.39, 0.29) is 5.54 Å². The Morgan fingerprint density at radius 3 is 2.44 bits per heavy atom. The van der Waals surface area contributed by atoms with Crippen LogP contribution in [0.5, 0.6) is 11.5 Å². The summed E-state index contributed by atoms with van der Waals surface area (Å²) in [4.78, 5) is 0. The molecule has 1 atom stereocenters. The molecule has 3 nitrogen and oxygen atoms in total. The normalized spacial score (nSPS) is 22.4. The van der Waals surface area contributed by atoms with Gasteiger partial charge in [0.05, 0.1) is 14.2 Å². The smallest absolute Gasteiger partial charge is 0.122 e. The molecule has 1 aliphatic heterocycles. The van der Waals surface area contributed by atoms with Crippen LogP contribution in [0.4, 0.5) is 0 Å². The van der Waals surface area contributed by atoms with Crippen LogP contribution in [-0.4, -0.2) is 26.3 Å². The Morgan fingerprint density at radius 1 is 1.25 bits per heavy atom. The van der Waals surface area contributed by atoms with Crippen molar-refractivity contribution in [2.75, 3.05) is 20.8 Å². The van der Waals surface area contributed by atoms with Gasteiger partial charge in [0.1, 0.15) is 11.5 Å². The van der Waals surface area contributed by atoms with Crippen molar-refractivity contribution in [2.24, 2.45) is 0 Å². The fourth-order valence-corrected chi connectivity index (χ4v) is 2.22. The topological polar surface area (TPSA) is 30.5 Å². The summed E-state index contributed by atoms with van der Waals surface area (Å²) in [6.45, 7) is 5.41. The second-order valence-corrected chi connectivity index (χ2v) is 4.76. The summed E-state index contributed by atoms with van der Waals surface area (Å²) in [5.74, 6) is 2.32. The molecule has 1 aromatic rings. The highest BCUT2D eigenvalue weighted by molar-refractivity contribution is 5.45. The quantitative estimate of drug-likeness (QED) is 0.848. The maximum atomic E-state index is 5.41. The van der Waals surface area contributed by atoms with Crippen molar-refractivity contribution < 1.29 is 9.47 Å². The van der Waals surface area contributed by atoms with Gasteiger partial charge in [-0.15, -0.1) is 0 Å². The maximum Gasteiger partial charge on any atom is 0.122 e. The van der Waals surface area contributed by atoms with E-state index in [2.05, 4.69) is 25.2 Å². The predicted octanol–water partition coefficient (Wildman–Crippen LogP) is 2.17. The van der Waals surface area contributed by atoms with Crippen molar-refractivity contribution in [3.63, 3.8) is 0 Å². The first-order chi connectivity index (χ1) is 7.58. The van der Waals surface area contributed by atoms with Gasteiger partial charge < -0.3 is 14.8 Å². The average Bonchev–Trinajstić information content (AvgIpc) is 2.27. The van der Waals surface area contributed by atoms with Gasteiger partial charge in [-0.1, -0.05) is 0 Å². The largest absolute Gasteiger partial charge is 0.497 e. The third-order valence-electron chi connectivity index (χ3n) is 3.45. The van der Waals surface area contributed by atoms with Crippen LogP contribution < -0.4 is 14.8 Å². The molecule has 1 heterocycles. The van der Waals surface area contributed by atoms with E-state index in [1.165, 1.54) is 5.56 Å². The van der Waals surface area contributed by atoms with E-state index in [1.807, 2.05) is 12.1 Å². The van der Waals surface area contributed by atoms with Crippen LogP contribution in [0.1, 0.15) is 25.3 Å². The molecule has 0 radical (unpaired) electrons. The molecule has 0 bridgehead atoms. The lowest BCUT2D eigenvalue weighted by atomic mass is 9.75. The minimum atomic E-state index is 0.139. The van der Waals surface area contributed by atoms with Crippen molar-refractivity contribution >= 4 is 0 Å². The molecular formula is C13H19NO2. The van der Waals surface area contributed by atoms with Gasteiger partial charge in [0.25, 0.3) is 0 Å². The van der Waals surface area contributed by atoms with Crippen LogP contribution in [-0.2, 0) is 0 Å². The van der Waals surface area contributed by atoms with Crippen LogP contribution in [0.15, 0.2) is 18.2 Å². The second-order valence-electron chi connectivity index (χ2n) is 4.76. The summed E-state index contributed by atoms with van der Waals surface area (Å²) in [6.07, 6.45) is 0. The number of methoxy groups -OCH3 is 2. The van der Waals surface area contributed by atoms with E-state index in [4.69, 9.17) is 9.47 Å². The molecule has 2 rings (SSSR count). The Balaban J connectivity index is 2.37. The SMILES string of the molecule is COc1ccc(OC)c(C2CNC2(C)C)c1. The third-order valence-corrected chi connectivity index (χ3v) is 3.45. The highest BCUT2D eigenvalue weighted by Gasteiger charge is 2.40. The number of nitrogens with one attached hydrogen (secondary N) is 1. The van der Waals surface area contributed by atoms with Crippen molar-refractivity contribution in [2.45, 2.75) is 25.3 Å². The van der Waals surface area contributed by atoms with Gasteiger partial charge in [-0.05, 0) is 32.0 Å². The van der Waals surface area contributed by atoms with Crippen molar-refractivity contribution in [3.05, 3.63) is 23.8 Å². The summed E-state index contributed by atoms with van der Waals surface area (Å²) in [6, 6.07) is 5.98. The minimum absolute atomic E-state index is 0.139. The first kappa shape index (κ1) is 11.3. The van der Waals surface area contributed by atoms with E-state index in [0.29, 0.717) is 5.92 Å². The maximum absolute atomic E-state index is 5.41. The lowest BCUT2D eigenvalue weighted by Gasteiger charge is -2.46. The van der Waals surface area contributed by atoms with Crippen molar-refractivity contribution in [3.8, 4) is 11.5 Å². The Labute approximate surface area is 96.8 Å². The molecule has 1 aliphatic rings. The van der Waals surface area contributed by atoms with E-state index in [9.17, 15) is 0 Å². The number of hydrogen-bond acceptors (Lipinski definition) is 3. The van der Waals surface area contributed by atoms with E-state index >= 15 is 0 Å². The van der Waals surface area contributed by atoms with Gasteiger partial charge >= 0.3 is 0 Å². The molecule has 3 heteroatoms. The van der Waals surface area contributed by atoms with Crippen molar-refractivity contribution in [1.29, 1.82) is 0 Å². The molecule has 0 spiro atoms. The Morgan fingerprint density at radius 2 is 2.00 bits per heavy atom. The summed E-state index contributed by atoms with van der Waals surface area (Å²) in [7, 11) is 3.40. The van der Waals surface area contributed by atoms with Gasteiger partial charge in [0.2, 0.25) is 0 Å². The highest BCUT2D eigenvalue weighted by Crippen LogP contribution is 2.40. The molecule has 88 valence electrons. The first-order valence-electron chi connectivity index (χ1n) is 5.55. The fourth-order valence-electron chi connectivity index (χ4n) is 2.22. The summed E-state index contributed by atoms with van der Waals surface area (Å²) in [5.41, 5.74) is 1.37. The molecule has 1 fully saturated rings. The summed E-state index contributed by atoms with van der Waals surface area (Å²) in [5, 5.41) is 3.43. The monoisotopic (exact) mass is 221 g/mol. The van der Waals surface area contributed by atoms with E-state index in [1.54, 1.807) is 14.2 Å². The van der Waals surface area contributed by atoms with Gasteiger partial charge in [0.15, 0.2) is 0 Å². The van der Waals surface area contributed by atoms with Gasteiger partial charge in [-0.25, -0.2) is 0 Å². The Hall–Kier alpha value is -1.22. The lowest BCUT2D eigenvalue weighted by Crippen LogP contribution is -2.59. The second kappa shape index (κ2) is 3.98. The van der Waals surface area contributed by atoms with Crippen LogP contribution in [0, 0.1) is 0 Å².